The number of ether oxygens (including phenoxy) is 4. The van der Waals surface area contributed by atoms with Crippen LogP contribution in [-0.4, -0.2) is 119 Å². The van der Waals surface area contributed by atoms with Crippen molar-refractivity contribution in [2.24, 2.45) is 11.8 Å². The first kappa shape index (κ1) is 31.1. The highest BCUT2D eigenvalue weighted by Crippen LogP contribution is 2.64. The molecule has 22 nitrogen and oxygen atoms in total. The molecule has 252 valence electrons. The van der Waals surface area contributed by atoms with Crippen molar-refractivity contribution >= 4 is 49.6 Å². The zero-order valence-electron chi connectivity index (χ0n) is 23.8. The lowest BCUT2D eigenvalue weighted by atomic mass is 9.96. The summed E-state index contributed by atoms with van der Waals surface area (Å²) in [6.45, 7) is -0.461. The normalized spacial score (nSPS) is 37.8. The molecule has 8 unspecified atom stereocenters. The van der Waals surface area contributed by atoms with Gasteiger partial charge in [-0.2, -0.15) is 0 Å². The fraction of sp³-hybridized carbons (Fsp3) is 0.565. The van der Waals surface area contributed by atoms with Gasteiger partial charge in [-0.25, -0.2) is 29.9 Å². The predicted octanol–water partition coefficient (Wildman–Crippen LogP) is -2.35. The topological polar surface area (TPSA) is 321 Å². The Morgan fingerprint density at radius 1 is 1.00 bits per heavy atom. The molecule has 4 fully saturated rings. The van der Waals surface area contributed by atoms with Crippen LogP contribution in [0.25, 0.3) is 22.3 Å². The van der Waals surface area contributed by atoms with Crippen LogP contribution in [-0.2, 0) is 32.6 Å². The highest BCUT2D eigenvalue weighted by molar-refractivity contribution is 7.52. The van der Waals surface area contributed by atoms with E-state index in [1.807, 2.05) is 0 Å². The molecular weight excluding hydrogens is 670 g/mol. The van der Waals surface area contributed by atoms with E-state index >= 15 is 0 Å². The summed E-state index contributed by atoms with van der Waals surface area (Å²) in [6, 6.07) is 0. The number of hydrogen-bond donors (Lipinski definition) is 7. The molecule has 3 saturated heterocycles. The average molecular weight is 698 g/mol. The third kappa shape index (κ3) is 4.64. The maximum Gasteiger partial charge on any atom is 0.356 e. The van der Waals surface area contributed by atoms with Crippen molar-refractivity contribution in [1.82, 2.24) is 39.0 Å². The summed E-state index contributed by atoms with van der Waals surface area (Å²) in [4.78, 5) is 45.2. The number of nitrogens with zero attached hydrogens (tertiary/aromatic N) is 8. The molecule has 0 radical (unpaired) electrons. The third-order valence-electron chi connectivity index (χ3n) is 8.90. The molecule has 0 amide bonds. The molecule has 0 bridgehead atoms. The van der Waals surface area contributed by atoms with Gasteiger partial charge in [0, 0.05) is 5.92 Å². The van der Waals surface area contributed by atoms with E-state index in [1.165, 1.54) is 34.4 Å². The number of rotatable bonds is 10. The minimum atomic E-state index is -4.87. The number of hydrogen-bond acceptors (Lipinski definition) is 18. The van der Waals surface area contributed by atoms with Crippen LogP contribution in [0.1, 0.15) is 12.5 Å². The average Bonchev–Trinajstić information content (AvgIpc) is 3.51. The van der Waals surface area contributed by atoms with Gasteiger partial charge in [-0.1, -0.05) is 0 Å². The Morgan fingerprint density at radius 3 is 2.21 bits per heavy atom. The van der Waals surface area contributed by atoms with Crippen LogP contribution >= 0.6 is 15.6 Å². The Balaban J connectivity index is 1.03. The van der Waals surface area contributed by atoms with Gasteiger partial charge < -0.3 is 55.5 Å². The maximum absolute atomic E-state index is 13.5. The van der Waals surface area contributed by atoms with E-state index in [-0.39, 0.29) is 34.0 Å². The van der Waals surface area contributed by atoms with Gasteiger partial charge in [0.1, 0.15) is 54.5 Å². The van der Waals surface area contributed by atoms with E-state index in [1.54, 1.807) is 0 Å². The molecular formula is C23H28N10O12P2. The lowest BCUT2D eigenvalue weighted by molar-refractivity contribution is -0.354. The van der Waals surface area contributed by atoms with Gasteiger partial charge in [-0.05, 0) is 0 Å². The van der Waals surface area contributed by atoms with Crippen LogP contribution in [0.2, 0.25) is 0 Å². The van der Waals surface area contributed by atoms with Crippen LogP contribution in [0.15, 0.2) is 25.3 Å². The van der Waals surface area contributed by atoms with Gasteiger partial charge >= 0.3 is 7.60 Å². The van der Waals surface area contributed by atoms with Gasteiger partial charge in [-0.3, -0.25) is 22.8 Å². The second kappa shape index (κ2) is 10.6. The number of aromatic nitrogens is 8. The summed E-state index contributed by atoms with van der Waals surface area (Å²) in [5, 5.41) is 31.8. The molecule has 1 aliphatic carbocycles. The monoisotopic (exact) mass is 698 g/mol. The van der Waals surface area contributed by atoms with Crippen molar-refractivity contribution in [2.75, 3.05) is 30.6 Å². The molecule has 4 aromatic rings. The molecule has 4 aromatic heterocycles. The van der Waals surface area contributed by atoms with Crippen molar-refractivity contribution < 1.29 is 57.7 Å². The Bertz CT molecular complexity index is 1970. The lowest BCUT2D eigenvalue weighted by Gasteiger charge is -2.49. The minimum absolute atomic E-state index is 0.0849. The van der Waals surface area contributed by atoms with Gasteiger partial charge in [0.25, 0.3) is 0 Å². The first-order valence-electron chi connectivity index (χ1n) is 14.1. The summed E-state index contributed by atoms with van der Waals surface area (Å²) in [5.41, 5.74) is 12.7. The first-order chi connectivity index (χ1) is 22.4. The highest BCUT2D eigenvalue weighted by Gasteiger charge is 2.76. The molecule has 3 aliphatic heterocycles. The van der Waals surface area contributed by atoms with E-state index in [2.05, 4.69) is 29.9 Å². The zero-order chi connectivity index (χ0) is 33.0. The Hall–Kier alpha value is -3.24. The molecule has 47 heavy (non-hydrogen) atoms. The first-order valence-corrected chi connectivity index (χ1v) is 17.4. The Kier molecular flexibility index (Phi) is 7.02. The second-order valence-electron chi connectivity index (χ2n) is 11.6. The summed E-state index contributed by atoms with van der Waals surface area (Å²) >= 11 is 0. The maximum atomic E-state index is 13.5. The summed E-state index contributed by atoms with van der Waals surface area (Å²) in [5.74, 6) is -5.44. The third-order valence-corrected chi connectivity index (χ3v) is 10.8. The van der Waals surface area contributed by atoms with Crippen molar-refractivity contribution in [1.29, 1.82) is 0 Å². The van der Waals surface area contributed by atoms with Gasteiger partial charge in [0.15, 0.2) is 49.2 Å². The fourth-order valence-corrected chi connectivity index (χ4v) is 8.78. The Labute approximate surface area is 262 Å². The summed E-state index contributed by atoms with van der Waals surface area (Å²) in [6.07, 6.45) is -3.95. The van der Waals surface area contributed by atoms with E-state index in [0.717, 1.165) is 0 Å². The Morgan fingerprint density at radius 2 is 1.62 bits per heavy atom. The molecule has 0 aromatic carbocycles. The quantitative estimate of drug-likeness (QED) is 0.0852. The SMILES string of the molecule is Nc1ncnc2c1ncn2[C@@H]1O[C@H]2C(OC2(C[PH](=O)O)OP(=O)(O)COC2C3[C@@H](CO)C3(O)O[C@H]2n2cnc3c(N)ncnc32)C1O. The fourth-order valence-electron chi connectivity index (χ4n) is 6.77. The number of fused-ring (bicyclic) bond motifs is 4. The van der Waals surface area contributed by atoms with Gasteiger partial charge in [-0.15, -0.1) is 0 Å². The van der Waals surface area contributed by atoms with Crippen LogP contribution in [0.5, 0.6) is 0 Å². The molecule has 7 heterocycles. The van der Waals surface area contributed by atoms with E-state index in [4.69, 9.17) is 34.9 Å². The number of anilines is 2. The second-order valence-corrected chi connectivity index (χ2v) is 14.5. The van der Waals surface area contributed by atoms with Crippen molar-refractivity contribution in [3.05, 3.63) is 25.3 Å². The number of nitrogens with two attached hydrogens (primary N) is 2. The van der Waals surface area contributed by atoms with Crippen LogP contribution in [0.4, 0.5) is 11.6 Å². The molecule has 0 spiro atoms. The number of aliphatic hydroxyl groups is 3. The molecule has 1 saturated carbocycles. The van der Waals surface area contributed by atoms with Crippen LogP contribution in [0, 0.1) is 11.8 Å². The van der Waals surface area contributed by atoms with E-state index < -0.39 is 95.0 Å². The van der Waals surface area contributed by atoms with Crippen molar-refractivity contribution in [3.63, 3.8) is 0 Å². The zero-order valence-corrected chi connectivity index (χ0v) is 25.7. The molecule has 9 N–H and O–H groups in total. The molecule has 12 atom stereocenters. The lowest BCUT2D eigenvalue weighted by Crippen LogP contribution is -2.67. The number of nitrogen functional groups attached to an aromatic ring is 2. The predicted molar refractivity (Wildman–Crippen MR) is 153 cm³/mol. The molecule has 4 aliphatic rings. The smallest absolute Gasteiger partial charge is 0.356 e. The molecule has 24 heteroatoms. The molecule has 8 rings (SSSR count). The standard InChI is InChI=1S/C23H28N10O12P2/c24-16-10-18(28-3-26-16)32(5-30-10)20-12(35)14-15(42-20)22(43-14,2-46(37)38)45-47(39,40)7-41-13-9-8(1-34)23(9,36)44-21(13)33-6-31-11-17(25)27-4-29-19(11)33/h3-6,8-9,12-15,20-21,34-36,46H,1-2,7H2,(H,37,38)(H,39,40)(H2,24,26,28)(H2,25,27,29)/t8-,9?,12?,13?,14?,15+,20-,21-,22?,23?/m1/s1. The van der Waals surface area contributed by atoms with Gasteiger partial charge in [0.05, 0.1) is 31.3 Å². The van der Waals surface area contributed by atoms with Crippen LogP contribution in [0.3, 0.4) is 0 Å². The van der Waals surface area contributed by atoms with E-state index in [0.29, 0.717) is 0 Å². The largest absolute Gasteiger partial charge is 0.396 e. The van der Waals surface area contributed by atoms with Crippen LogP contribution < -0.4 is 11.5 Å². The summed E-state index contributed by atoms with van der Waals surface area (Å²) < 4.78 is 57.3. The number of aliphatic hydroxyl groups excluding tert-OH is 2. The summed E-state index contributed by atoms with van der Waals surface area (Å²) in [7, 11) is -8.28. The highest BCUT2D eigenvalue weighted by atomic mass is 31.2. The van der Waals surface area contributed by atoms with E-state index in [9.17, 15) is 34.2 Å². The van der Waals surface area contributed by atoms with Gasteiger partial charge in [0.2, 0.25) is 5.79 Å². The van der Waals surface area contributed by atoms with Crippen molar-refractivity contribution in [3.8, 4) is 0 Å². The van der Waals surface area contributed by atoms with Crippen molar-refractivity contribution in [2.45, 2.75) is 48.4 Å². The number of imidazole rings is 2. The minimum Gasteiger partial charge on any atom is -0.396 e.